The first-order valence-corrected chi connectivity index (χ1v) is 8.97. The molecule has 146 valence electrons. The number of fused-ring (bicyclic) bond motifs is 1. The van der Waals surface area contributed by atoms with E-state index in [2.05, 4.69) is 13.2 Å². The van der Waals surface area contributed by atoms with Crippen molar-refractivity contribution in [3.8, 4) is 0 Å². The van der Waals surface area contributed by atoms with Gasteiger partial charge >= 0.3 is 17.1 Å². The molecule has 0 N–H and O–H groups in total. The second-order valence-corrected chi connectivity index (χ2v) is 6.68. The van der Waals surface area contributed by atoms with Crippen LogP contribution in [0.5, 0.6) is 0 Å². The summed E-state index contributed by atoms with van der Waals surface area (Å²) >= 11 is 0. The highest BCUT2D eigenvalue weighted by molar-refractivity contribution is 5.96. The van der Waals surface area contributed by atoms with Crippen LogP contribution in [0.2, 0.25) is 0 Å². The van der Waals surface area contributed by atoms with E-state index in [1.165, 1.54) is 12.2 Å². The van der Waals surface area contributed by atoms with E-state index >= 15 is 0 Å². The number of rotatable bonds is 6. The summed E-state index contributed by atoms with van der Waals surface area (Å²) in [7, 11) is 0. The van der Waals surface area contributed by atoms with Crippen LogP contribution in [0.3, 0.4) is 0 Å². The topological polar surface area (TPSA) is 86.3 Å². The molecule has 0 radical (unpaired) electrons. The van der Waals surface area contributed by atoms with Crippen molar-refractivity contribution in [3.05, 3.63) is 86.6 Å². The Morgan fingerprint density at radius 2 is 1.54 bits per heavy atom. The molecule has 1 aromatic carbocycles. The first-order valence-electron chi connectivity index (χ1n) is 8.97. The maximum atomic E-state index is 13.0. The van der Waals surface area contributed by atoms with E-state index in [1.54, 1.807) is 4.90 Å². The molecule has 0 aliphatic carbocycles. The fraction of sp³-hybridized carbons (Fsp3) is 0.300. The van der Waals surface area contributed by atoms with Gasteiger partial charge in [0.2, 0.25) is 5.91 Å². The van der Waals surface area contributed by atoms with Gasteiger partial charge in [0.15, 0.2) is 0 Å². The smallest absolute Gasteiger partial charge is 0.307 e. The molecule has 0 saturated carbocycles. The molecule has 0 saturated heterocycles. The molecule has 8 heteroatoms. The van der Waals surface area contributed by atoms with Gasteiger partial charge < -0.3 is 4.90 Å². The molecule has 1 aliphatic rings. The van der Waals surface area contributed by atoms with Crippen molar-refractivity contribution < 1.29 is 4.79 Å². The van der Waals surface area contributed by atoms with Crippen LogP contribution in [0.1, 0.15) is 12.5 Å². The van der Waals surface area contributed by atoms with Crippen LogP contribution < -0.4 is 22.0 Å². The minimum atomic E-state index is -0.830. The largest absolute Gasteiger partial charge is 0.337 e. The van der Waals surface area contributed by atoms with Crippen LogP contribution in [0, 0.1) is 0 Å². The zero-order valence-corrected chi connectivity index (χ0v) is 15.7. The number of amides is 1. The molecule has 0 fully saturated rings. The average molecular weight is 382 g/mol. The van der Waals surface area contributed by atoms with Crippen molar-refractivity contribution in [3.63, 3.8) is 0 Å². The zero-order chi connectivity index (χ0) is 20.4. The van der Waals surface area contributed by atoms with E-state index in [0.29, 0.717) is 6.42 Å². The maximum absolute atomic E-state index is 13.0. The minimum Gasteiger partial charge on any atom is -0.307 e. The van der Waals surface area contributed by atoms with E-state index in [1.807, 2.05) is 31.2 Å². The molecule has 1 atom stereocenters. The van der Waals surface area contributed by atoms with Gasteiger partial charge in [-0.25, -0.2) is 28.1 Å². The highest BCUT2D eigenvalue weighted by atomic mass is 16.2. The van der Waals surface area contributed by atoms with Gasteiger partial charge in [0, 0.05) is 11.7 Å². The molecule has 1 amide bonds. The van der Waals surface area contributed by atoms with Gasteiger partial charge in [0.1, 0.15) is 6.54 Å². The van der Waals surface area contributed by atoms with Crippen molar-refractivity contribution in [2.45, 2.75) is 39.0 Å². The van der Waals surface area contributed by atoms with Crippen LogP contribution in [-0.2, 0) is 30.8 Å². The Labute approximate surface area is 161 Å². The van der Waals surface area contributed by atoms with Crippen molar-refractivity contribution in [1.29, 1.82) is 0 Å². The summed E-state index contributed by atoms with van der Waals surface area (Å²) in [5.41, 5.74) is -0.596. The van der Waals surface area contributed by atoms with Crippen LogP contribution in [0.25, 0.3) is 0 Å². The quantitative estimate of drug-likeness (QED) is 0.682. The van der Waals surface area contributed by atoms with Crippen molar-refractivity contribution in [2.24, 2.45) is 0 Å². The van der Waals surface area contributed by atoms with E-state index in [0.717, 1.165) is 25.0 Å². The van der Waals surface area contributed by atoms with Crippen molar-refractivity contribution >= 4 is 11.6 Å². The van der Waals surface area contributed by atoms with Gasteiger partial charge in [-0.3, -0.25) is 4.79 Å². The first kappa shape index (κ1) is 19.3. The molecule has 0 spiro atoms. The molecular weight excluding hydrogens is 360 g/mol. The number of hydrogen-bond acceptors (Lipinski definition) is 4. The molecule has 1 unspecified atom stereocenters. The number of anilines is 1. The lowest BCUT2D eigenvalue weighted by molar-refractivity contribution is -0.119. The number of carbonyl (C=O) groups excluding carboxylic acids is 1. The summed E-state index contributed by atoms with van der Waals surface area (Å²) in [6.07, 6.45) is 3.47. The summed E-state index contributed by atoms with van der Waals surface area (Å²) in [6, 6.07) is 7.45. The third-order valence-electron chi connectivity index (χ3n) is 4.78. The Morgan fingerprint density at radius 3 is 2.11 bits per heavy atom. The number of aromatic nitrogens is 3. The van der Waals surface area contributed by atoms with E-state index in [4.69, 9.17) is 0 Å². The Bertz CT molecular complexity index is 1070. The van der Waals surface area contributed by atoms with Crippen LogP contribution in [-0.4, -0.2) is 25.7 Å². The lowest BCUT2D eigenvalue weighted by Gasteiger charge is -2.23. The van der Waals surface area contributed by atoms with E-state index < -0.39 is 23.6 Å². The molecular formula is C20H22N4O4. The number of para-hydroxylation sites is 1. The number of benzene rings is 1. The molecule has 1 aliphatic heterocycles. The highest BCUT2D eigenvalue weighted by Gasteiger charge is 2.31. The molecule has 2 heterocycles. The Hall–Kier alpha value is -3.42. The van der Waals surface area contributed by atoms with Gasteiger partial charge in [0.25, 0.3) is 0 Å². The zero-order valence-electron chi connectivity index (χ0n) is 15.7. The lowest BCUT2D eigenvalue weighted by atomic mass is 10.1. The lowest BCUT2D eigenvalue weighted by Crippen LogP contribution is -2.56. The monoisotopic (exact) mass is 382 g/mol. The Balaban J connectivity index is 2.07. The summed E-state index contributed by atoms with van der Waals surface area (Å²) in [4.78, 5) is 52.4. The van der Waals surface area contributed by atoms with Crippen molar-refractivity contribution in [2.75, 3.05) is 4.90 Å². The van der Waals surface area contributed by atoms with E-state index in [9.17, 15) is 19.2 Å². The summed E-state index contributed by atoms with van der Waals surface area (Å²) in [5, 5.41) is 0. The van der Waals surface area contributed by atoms with Gasteiger partial charge in [-0.2, -0.15) is 0 Å². The third-order valence-corrected chi connectivity index (χ3v) is 4.78. The summed E-state index contributed by atoms with van der Waals surface area (Å²) < 4.78 is 2.56. The maximum Gasteiger partial charge on any atom is 0.337 e. The third kappa shape index (κ3) is 3.17. The number of allylic oxidation sites excluding steroid dienone is 2. The van der Waals surface area contributed by atoms with Gasteiger partial charge in [-0.05, 0) is 25.0 Å². The van der Waals surface area contributed by atoms with Gasteiger partial charge in [0.05, 0.1) is 13.1 Å². The Morgan fingerprint density at radius 1 is 1.00 bits per heavy atom. The molecule has 0 bridgehead atoms. The van der Waals surface area contributed by atoms with Crippen molar-refractivity contribution in [1.82, 2.24) is 13.7 Å². The second-order valence-electron chi connectivity index (χ2n) is 6.68. The molecule has 8 nitrogen and oxygen atoms in total. The minimum absolute atomic E-state index is 0.0633. The van der Waals surface area contributed by atoms with Gasteiger partial charge in [-0.1, -0.05) is 30.4 Å². The van der Waals surface area contributed by atoms with Crippen LogP contribution in [0.4, 0.5) is 5.69 Å². The number of nitrogens with zero attached hydrogens (tertiary/aromatic N) is 4. The predicted octanol–water partition coefficient (Wildman–Crippen LogP) is 0.521. The number of carbonyl (C=O) groups is 1. The fourth-order valence-corrected chi connectivity index (χ4v) is 3.55. The second kappa shape index (κ2) is 7.67. The predicted molar refractivity (Wildman–Crippen MR) is 107 cm³/mol. The normalized spacial score (nSPS) is 15.3. The standard InChI is InChI=1S/C20H22N4O4/c1-4-10-21-18(26)22(11-5-2)20(28)23(19(21)27)13-17(25)24-14(3)12-15-8-6-7-9-16(15)24/h4-9,14H,1-2,10-13H2,3H3. The molecule has 2 aromatic rings. The summed E-state index contributed by atoms with van der Waals surface area (Å²) in [5.74, 6) is -0.384. The Kier molecular flexibility index (Phi) is 5.30. The molecule has 28 heavy (non-hydrogen) atoms. The summed E-state index contributed by atoms with van der Waals surface area (Å²) in [6.45, 7) is 8.40. The SMILES string of the molecule is C=CCn1c(=O)n(CC=C)c(=O)n(CC(=O)N2c3ccccc3CC2C)c1=O. The van der Waals surface area contributed by atoms with Crippen LogP contribution in [0.15, 0.2) is 64.0 Å². The van der Waals surface area contributed by atoms with Gasteiger partial charge in [-0.15, -0.1) is 13.2 Å². The highest BCUT2D eigenvalue weighted by Crippen LogP contribution is 2.31. The number of hydrogen-bond donors (Lipinski definition) is 0. The van der Waals surface area contributed by atoms with E-state index in [-0.39, 0.29) is 25.0 Å². The molecule has 1 aromatic heterocycles. The average Bonchev–Trinajstić information content (AvgIpc) is 3.01. The van der Waals surface area contributed by atoms with Crippen LogP contribution >= 0.6 is 0 Å². The first-order chi connectivity index (χ1) is 13.4. The fourth-order valence-electron chi connectivity index (χ4n) is 3.55. The molecule has 3 rings (SSSR count).